The molecule has 8 heteroatoms. The first kappa shape index (κ1) is 18.2. The largest absolute Gasteiger partial charge is 0.325 e. The maximum atomic E-state index is 12.7. The van der Waals surface area contributed by atoms with Crippen LogP contribution < -0.4 is 4.90 Å². The van der Waals surface area contributed by atoms with E-state index in [4.69, 9.17) is 0 Å². The van der Waals surface area contributed by atoms with E-state index < -0.39 is 0 Å². The van der Waals surface area contributed by atoms with Gasteiger partial charge in [0.05, 0.1) is 24.0 Å². The number of carbonyl (C=O) groups excluding carboxylic acids is 2. The molecule has 7 nitrogen and oxygen atoms in total. The normalized spacial score (nSPS) is 23.6. The molecule has 2 fully saturated rings. The highest BCUT2D eigenvalue weighted by Gasteiger charge is 2.50. The van der Waals surface area contributed by atoms with E-state index in [0.29, 0.717) is 6.54 Å². The number of rotatable bonds is 3. The van der Waals surface area contributed by atoms with Crippen LogP contribution in [0.15, 0.2) is 24.5 Å². The van der Waals surface area contributed by atoms with Crippen molar-refractivity contribution in [3.63, 3.8) is 0 Å². The number of nitrogens with zero attached hydrogens (tertiary/aromatic N) is 5. The van der Waals surface area contributed by atoms with Gasteiger partial charge in [-0.1, -0.05) is 0 Å². The van der Waals surface area contributed by atoms with Crippen molar-refractivity contribution in [2.75, 3.05) is 31.1 Å². The minimum absolute atomic E-state index is 0.0250. The Balaban J connectivity index is 1.57. The fourth-order valence-corrected chi connectivity index (χ4v) is 5.23. The second kappa shape index (κ2) is 6.76. The van der Waals surface area contributed by atoms with Gasteiger partial charge in [0.15, 0.2) is 0 Å². The molecule has 0 aromatic carbocycles. The van der Waals surface area contributed by atoms with Crippen LogP contribution >= 0.6 is 11.3 Å². The fraction of sp³-hybridized carbons (Fsp3) is 0.526. The number of piperazine rings is 1. The van der Waals surface area contributed by atoms with Crippen LogP contribution in [-0.2, 0) is 23.2 Å². The van der Waals surface area contributed by atoms with E-state index in [0.717, 1.165) is 31.7 Å². The maximum Gasteiger partial charge on any atom is 0.246 e. The quantitative estimate of drug-likeness (QED) is 0.803. The summed E-state index contributed by atoms with van der Waals surface area (Å²) >= 11 is 1.82. The highest BCUT2D eigenvalue weighted by atomic mass is 32.1. The number of anilines is 1. The molecule has 4 heterocycles. The van der Waals surface area contributed by atoms with E-state index in [1.54, 1.807) is 27.6 Å². The number of carbonyl (C=O) groups is 2. The molecule has 0 N–H and O–H groups in total. The molecule has 144 valence electrons. The maximum absolute atomic E-state index is 12.7. The van der Waals surface area contributed by atoms with Gasteiger partial charge in [-0.2, -0.15) is 5.10 Å². The molecule has 2 amide bonds. The summed E-state index contributed by atoms with van der Waals surface area (Å²) in [5.74, 6) is -0.0702. The Morgan fingerprint density at radius 1 is 1.33 bits per heavy atom. The third-order valence-electron chi connectivity index (χ3n) is 5.59. The van der Waals surface area contributed by atoms with Crippen molar-refractivity contribution in [3.05, 3.63) is 34.3 Å². The van der Waals surface area contributed by atoms with E-state index in [2.05, 4.69) is 29.1 Å². The van der Waals surface area contributed by atoms with Crippen molar-refractivity contribution in [2.45, 2.75) is 32.4 Å². The third-order valence-corrected chi connectivity index (χ3v) is 6.57. The summed E-state index contributed by atoms with van der Waals surface area (Å²) < 4.78 is 1.70. The van der Waals surface area contributed by atoms with Crippen molar-refractivity contribution in [1.29, 1.82) is 0 Å². The van der Waals surface area contributed by atoms with Crippen LogP contribution in [0.25, 0.3) is 0 Å². The van der Waals surface area contributed by atoms with E-state index in [9.17, 15) is 9.59 Å². The predicted molar refractivity (Wildman–Crippen MR) is 105 cm³/mol. The number of aryl methyl sites for hydroxylation is 2. The summed E-state index contributed by atoms with van der Waals surface area (Å²) in [6.07, 6.45) is 4.45. The van der Waals surface area contributed by atoms with Crippen LogP contribution in [0.3, 0.4) is 0 Å². The second-order valence-corrected chi connectivity index (χ2v) is 9.03. The predicted octanol–water partition coefficient (Wildman–Crippen LogP) is 1.63. The van der Waals surface area contributed by atoms with Crippen molar-refractivity contribution in [2.24, 2.45) is 7.05 Å². The fourth-order valence-electron chi connectivity index (χ4n) is 4.30. The molecular weight excluding hydrogens is 362 g/mol. The van der Waals surface area contributed by atoms with Crippen molar-refractivity contribution in [3.8, 4) is 0 Å². The molecule has 0 radical (unpaired) electrons. The van der Waals surface area contributed by atoms with Gasteiger partial charge in [0.25, 0.3) is 0 Å². The summed E-state index contributed by atoms with van der Waals surface area (Å²) in [4.78, 5) is 33.7. The van der Waals surface area contributed by atoms with Gasteiger partial charge in [0.1, 0.15) is 6.54 Å². The lowest BCUT2D eigenvalue weighted by molar-refractivity contribution is -0.142. The monoisotopic (exact) mass is 387 g/mol. The summed E-state index contributed by atoms with van der Waals surface area (Å²) in [6.45, 7) is 6.96. The number of hydrogen-bond donors (Lipinski definition) is 0. The van der Waals surface area contributed by atoms with Gasteiger partial charge >= 0.3 is 0 Å². The Hall–Kier alpha value is -2.19. The minimum Gasteiger partial charge on any atom is -0.325 e. The number of amides is 2. The van der Waals surface area contributed by atoms with Gasteiger partial charge in [-0.25, -0.2) is 0 Å². The van der Waals surface area contributed by atoms with Gasteiger partial charge in [-0.15, -0.1) is 11.3 Å². The third kappa shape index (κ3) is 3.39. The van der Waals surface area contributed by atoms with E-state index in [1.165, 1.54) is 9.75 Å². The zero-order valence-electron chi connectivity index (χ0n) is 16.0. The lowest BCUT2D eigenvalue weighted by Gasteiger charge is -2.48. The van der Waals surface area contributed by atoms with Crippen LogP contribution in [0.4, 0.5) is 5.69 Å². The lowest BCUT2D eigenvalue weighted by Crippen LogP contribution is -2.66. The average molecular weight is 388 g/mol. The second-order valence-electron chi connectivity index (χ2n) is 7.65. The van der Waals surface area contributed by atoms with Crippen LogP contribution in [0, 0.1) is 6.92 Å². The van der Waals surface area contributed by atoms with Gasteiger partial charge < -0.3 is 9.80 Å². The molecule has 2 aliphatic heterocycles. The summed E-state index contributed by atoms with van der Waals surface area (Å²) in [6, 6.07) is 4.33. The van der Waals surface area contributed by atoms with Crippen LogP contribution in [-0.4, -0.2) is 63.1 Å². The summed E-state index contributed by atoms with van der Waals surface area (Å²) in [7, 11) is 1.84. The Labute approximate surface area is 163 Å². The number of aromatic nitrogens is 2. The number of likely N-dealkylation sites (tertiary alicyclic amines) is 1. The molecule has 0 saturated carbocycles. The minimum atomic E-state index is -0.331. The van der Waals surface area contributed by atoms with Gasteiger partial charge in [-0.05, 0) is 25.5 Å². The van der Waals surface area contributed by atoms with Gasteiger partial charge in [-0.3, -0.25) is 19.2 Å². The van der Waals surface area contributed by atoms with Crippen molar-refractivity contribution in [1.82, 2.24) is 19.6 Å². The van der Waals surface area contributed by atoms with E-state index in [-0.39, 0.29) is 23.9 Å². The summed E-state index contributed by atoms with van der Waals surface area (Å²) in [5.41, 5.74) is 0.472. The molecule has 0 bridgehead atoms. The topological polar surface area (TPSA) is 61.7 Å². The molecule has 4 rings (SSSR count). The van der Waals surface area contributed by atoms with Gasteiger partial charge in [0.2, 0.25) is 11.8 Å². The van der Waals surface area contributed by atoms with Crippen molar-refractivity contribution >= 4 is 28.8 Å². The van der Waals surface area contributed by atoms with E-state index >= 15 is 0 Å². The van der Waals surface area contributed by atoms with Crippen molar-refractivity contribution < 1.29 is 9.59 Å². The smallest absolute Gasteiger partial charge is 0.246 e. The number of hydrogen-bond acceptors (Lipinski definition) is 5. The van der Waals surface area contributed by atoms with Crippen LogP contribution in [0.5, 0.6) is 0 Å². The molecule has 2 aromatic heterocycles. The first-order valence-corrected chi connectivity index (χ1v) is 10.0. The Bertz CT molecular complexity index is 875. The first-order valence-electron chi connectivity index (χ1n) is 9.21. The lowest BCUT2D eigenvalue weighted by atomic mass is 9.92. The molecule has 0 aliphatic carbocycles. The molecule has 1 spiro atoms. The number of thiophene rings is 1. The van der Waals surface area contributed by atoms with Gasteiger partial charge in [0, 0.05) is 49.6 Å². The highest BCUT2D eigenvalue weighted by Crippen LogP contribution is 2.35. The molecule has 1 unspecified atom stereocenters. The van der Waals surface area contributed by atoms with Crippen LogP contribution in [0.1, 0.15) is 23.1 Å². The van der Waals surface area contributed by atoms with Crippen LogP contribution in [0.2, 0.25) is 0 Å². The summed E-state index contributed by atoms with van der Waals surface area (Å²) in [5, 5.41) is 4.20. The zero-order valence-corrected chi connectivity index (χ0v) is 16.8. The molecule has 1 atom stereocenters. The Kier molecular flexibility index (Phi) is 4.55. The highest BCUT2D eigenvalue weighted by molar-refractivity contribution is 7.11. The average Bonchev–Trinajstić information content (AvgIpc) is 3.32. The zero-order chi connectivity index (χ0) is 19.2. The molecule has 2 saturated heterocycles. The molecule has 2 aromatic rings. The molecule has 27 heavy (non-hydrogen) atoms. The molecule has 2 aliphatic rings. The Morgan fingerprint density at radius 3 is 2.78 bits per heavy atom. The Morgan fingerprint density at radius 2 is 2.15 bits per heavy atom. The standard InChI is InChI=1S/C19H25N5O2S/c1-14-4-5-17(27-14)10-22-7-6-19(12-22)13-23(16-8-20-21(3)9-16)18(26)11-24(19)15(2)25/h4-5,8-9H,6-7,10-13H2,1-3H3. The van der Waals surface area contributed by atoms with E-state index in [1.807, 2.05) is 24.6 Å². The SMILES string of the molecule is CC(=O)N1CC(=O)N(c2cnn(C)c2)CC12CCN(Cc1ccc(C)s1)C2. The first-order chi connectivity index (χ1) is 12.9. The molecular formula is C19H25N5O2S.